The van der Waals surface area contributed by atoms with Gasteiger partial charge in [0.05, 0.1) is 18.5 Å². The summed E-state index contributed by atoms with van der Waals surface area (Å²) in [5.74, 6) is 1.86. The number of rotatable bonds is 11. The van der Waals surface area contributed by atoms with E-state index in [2.05, 4.69) is 19.9 Å². The second-order valence-corrected chi connectivity index (χ2v) is 14.2. The van der Waals surface area contributed by atoms with Crippen molar-refractivity contribution >= 4 is 70.2 Å². The van der Waals surface area contributed by atoms with Gasteiger partial charge in [-0.3, -0.25) is 9.59 Å². The van der Waals surface area contributed by atoms with Crippen LogP contribution in [0.25, 0.3) is 16.9 Å². The van der Waals surface area contributed by atoms with Gasteiger partial charge in [-0.1, -0.05) is 13.8 Å². The smallest absolute Gasteiger partial charge is 0.273 e. The second-order valence-electron chi connectivity index (χ2n) is 13.4. The zero-order chi connectivity index (χ0) is 31.0. The third-order valence-corrected chi connectivity index (χ3v) is 8.25. The maximum atomic E-state index is 14.4. The van der Waals surface area contributed by atoms with Crippen molar-refractivity contribution in [2.24, 2.45) is 5.92 Å². The molecular formula is C27H40B6N4O4S. The van der Waals surface area contributed by atoms with Crippen LogP contribution in [0.1, 0.15) is 48.8 Å². The van der Waals surface area contributed by atoms with Gasteiger partial charge in [0.1, 0.15) is 65.2 Å². The van der Waals surface area contributed by atoms with Crippen LogP contribution in [-0.4, -0.2) is 109 Å². The highest BCUT2D eigenvalue weighted by Crippen LogP contribution is 2.44. The molecule has 15 heteroatoms. The summed E-state index contributed by atoms with van der Waals surface area (Å²) in [7, 11) is 13.9. The van der Waals surface area contributed by atoms with Crippen LogP contribution < -0.4 is 9.47 Å². The minimum Gasteiger partial charge on any atom is -0.496 e. The number of amides is 2. The highest BCUT2D eigenvalue weighted by Gasteiger charge is 2.36. The van der Waals surface area contributed by atoms with Crippen LogP contribution >= 0.6 is 11.3 Å². The zero-order valence-corrected chi connectivity index (χ0v) is 27.6. The number of thiophene rings is 1. The van der Waals surface area contributed by atoms with Crippen molar-refractivity contribution in [1.82, 2.24) is 19.6 Å². The van der Waals surface area contributed by atoms with Crippen LogP contribution in [0.15, 0.2) is 29.0 Å². The Morgan fingerprint density at radius 2 is 1.79 bits per heavy atom. The van der Waals surface area contributed by atoms with Gasteiger partial charge in [-0.15, -0.1) is 0 Å². The van der Waals surface area contributed by atoms with Crippen molar-refractivity contribution in [3.8, 4) is 28.4 Å². The van der Waals surface area contributed by atoms with E-state index in [-0.39, 0.29) is 23.7 Å². The van der Waals surface area contributed by atoms with E-state index in [0.717, 1.165) is 46.0 Å². The molecule has 0 saturated carbocycles. The molecule has 216 valence electrons. The molecule has 1 aliphatic heterocycles. The molecule has 4 rings (SSSR count). The van der Waals surface area contributed by atoms with Crippen LogP contribution in [-0.2, 0) is 17.8 Å². The van der Waals surface area contributed by atoms with E-state index in [4.69, 9.17) is 14.6 Å². The minimum absolute atomic E-state index is 0.0315. The summed E-state index contributed by atoms with van der Waals surface area (Å²) in [6, 6.07) is 6.11. The van der Waals surface area contributed by atoms with Crippen LogP contribution in [0, 0.1) is 5.92 Å². The number of carbonyl (C=O) groups is 2. The molecular weight excluding hydrogens is 541 g/mol. The first-order valence-corrected chi connectivity index (χ1v) is 15.7. The molecule has 0 saturated heterocycles. The quantitative estimate of drug-likeness (QED) is 0.255. The zero-order valence-electron chi connectivity index (χ0n) is 26.8. The van der Waals surface area contributed by atoms with Gasteiger partial charge in [-0.25, -0.2) is 4.68 Å². The monoisotopic (exact) mass is 582 g/mol. The summed E-state index contributed by atoms with van der Waals surface area (Å²) in [6.45, 7) is 7.27. The minimum atomic E-state index is -0.454. The predicted molar refractivity (Wildman–Crippen MR) is 186 cm³/mol. The Hall–Kier alpha value is -2.94. The lowest BCUT2D eigenvalue weighted by Crippen LogP contribution is -2.56. The fraction of sp³-hybridized carbons (Fsp3) is 0.444. The lowest BCUT2D eigenvalue weighted by Gasteiger charge is -2.39. The standard InChI is InChI=1S/C27H40B6N4O4S/c1-15(2)10-17-11-19-22(12-21(17)40-4)41-13-20-23(34-37(24(19)20)18-6-9-42-14-18)25(39)36(27(31,32)33)8-5-7-35(16(3)38)26(28,29)30/h6,9,11-12,14-15H,5,7-8,10,13,28-33H2,1-4H3. The van der Waals surface area contributed by atoms with E-state index in [9.17, 15) is 9.59 Å². The second kappa shape index (κ2) is 12.3. The molecule has 0 spiro atoms. The Balaban J connectivity index is 1.78. The molecule has 0 atom stereocenters. The third-order valence-electron chi connectivity index (χ3n) is 7.58. The van der Waals surface area contributed by atoms with E-state index in [1.807, 2.05) is 84.5 Å². The molecule has 3 aromatic rings. The van der Waals surface area contributed by atoms with Crippen LogP contribution in [0.2, 0.25) is 0 Å². The lowest BCUT2D eigenvalue weighted by molar-refractivity contribution is -0.129. The molecule has 0 fully saturated rings. The molecule has 0 N–H and O–H groups in total. The van der Waals surface area contributed by atoms with Gasteiger partial charge in [0.15, 0.2) is 5.69 Å². The van der Waals surface area contributed by atoms with Crippen molar-refractivity contribution in [3.63, 3.8) is 0 Å². The number of aromatic nitrogens is 2. The van der Waals surface area contributed by atoms with Crippen molar-refractivity contribution in [2.75, 3.05) is 20.2 Å². The first kappa shape index (κ1) is 32.0. The predicted octanol–water partition coefficient (Wildman–Crippen LogP) is -1.60. The van der Waals surface area contributed by atoms with Gasteiger partial charge in [-0.05, 0) is 52.3 Å². The Morgan fingerprint density at radius 1 is 1.12 bits per heavy atom. The van der Waals surface area contributed by atoms with Crippen LogP contribution in [0.3, 0.4) is 0 Å². The normalized spacial score (nSPS) is 12.8. The highest BCUT2D eigenvalue weighted by molar-refractivity contribution is 7.08. The van der Waals surface area contributed by atoms with Crippen LogP contribution in [0.5, 0.6) is 11.5 Å². The number of fused-ring (bicyclic) bond motifs is 3. The summed E-state index contributed by atoms with van der Waals surface area (Å²) >= 11 is 1.59. The number of hydrogen-bond donors (Lipinski definition) is 0. The largest absolute Gasteiger partial charge is 0.496 e. The van der Waals surface area contributed by atoms with Gasteiger partial charge in [0, 0.05) is 42.6 Å². The Bertz CT molecular complexity index is 1450. The summed E-state index contributed by atoms with van der Waals surface area (Å²) < 4.78 is 13.9. The number of methoxy groups -OCH3 is 1. The van der Waals surface area contributed by atoms with Crippen molar-refractivity contribution < 1.29 is 19.1 Å². The van der Waals surface area contributed by atoms with Crippen molar-refractivity contribution in [3.05, 3.63) is 45.8 Å². The fourth-order valence-corrected chi connectivity index (χ4v) is 6.29. The molecule has 0 bridgehead atoms. The topological polar surface area (TPSA) is 76.9 Å². The Morgan fingerprint density at radius 3 is 2.33 bits per heavy atom. The number of nitrogens with zero attached hydrogens (tertiary/aromatic N) is 4. The Labute approximate surface area is 259 Å². The average Bonchev–Trinajstić information content (AvgIpc) is 3.54. The average molecular weight is 582 g/mol. The molecule has 8 nitrogen and oxygen atoms in total. The van der Waals surface area contributed by atoms with E-state index in [1.54, 1.807) is 25.4 Å². The van der Waals surface area contributed by atoms with E-state index in [1.165, 1.54) is 0 Å². The van der Waals surface area contributed by atoms with E-state index >= 15 is 0 Å². The lowest BCUT2D eigenvalue weighted by atomic mass is 9.48. The maximum absolute atomic E-state index is 14.4. The van der Waals surface area contributed by atoms with Gasteiger partial charge >= 0.3 is 0 Å². The number of ether oxygens (including phenoxy) is 2. The number of carbonyl (C=O) groups excluding carboxylic acids is 2. The van der Waals surface area contributed by atoms with Gasteiger partial charge in [-0.2, -0.15) is 16.4 Å². The summed E-state index contributed by atoms with van der Waals surface area (Å²) in [5.41, 5.74) is 4.99. The molecule has 42 heavy (non-hydrogen) atoms. The Kier molecular flexibility index (Phi) is 9.40. The molecule has 1 aromatic carbocycles. The summed E-state index contributed by atoms with van der Waals surface area (Å²) in [6.07, 6.45) is 1.51. The fourth-order valence-electron chi connectivity index (χ4n) is 5.67. The first-order valence-electron chi connectivity index (χ1n) is 14.7. The SMILES string of the molecule is BC(B)(B)N(CCCN(C(=O)c1nn(-c2ccsc2)c2c1COc1cc(OC)c(CC(C)C)cc1-2)C(B)(B)B)C(C)=O. The van der Waals surface area contributed by atoms with E-state index in [0.29, 0.717) is 31.1 Å². The molecule has 1 aliphatic rings. The van der Waals surface area contributed by atoms with Gasteiger partial charge < -0.3 is 19.3 Å². The highest BCUT2D eigenvalue weighted by atomic mass is 32.1. The van der Waals surface area contributed by atoms with Crippen LogP contribution in [0.4, 0.5) is 0 Å². The molecule has 0 aliphatic carbocycles. The van der Waals surface area contributed by atoms with Gasteiger partial charge in [0.25, 0.3) is 5.91 Å². The summed E-state index contributed by atoms with van der Waals surface area (Å²) in [5, 5.41) is 8.28. The number of benzene rings is 1. The van der Waals surface area contributed by atoms with Crippen molar-refractivity contribution in [2.45, 2.75) is 50.7 Å². The molecule has 0 radical (unpaired) electrons. The molecule has 2 amide bonds. The maximum Gasteiger partial charge on any atom is 0.273 e. The summed E-state index contributed by atoms with van der Waals surface area (Å²) in [4.78, 5) is 30.4. The van der Waals surface area contributed by atoms with Crippen molar-refractivity contribution in [1.29, 1.82) is 0 Å². The number of hydrogen-bond acceptors (Lipinski definition) is 6. The third kappa shape index (κ3) is 6.66. The van der Waals surface area contributed by atoms with Gasteiger partial charge in [0.2, 0.25) is 5.91 Å². The molecule has 3 heterocycles. The molecule has 0 unspecified atom stereocenters. The first-order chi connectivity index (χ1) is 19.6. The van der Waals surface area contributed by atoms with E-state index < -0.39 is 5.24 Å². The molecule has 2 aromatic heterocycles.